The molecular weight excluding hydrogens is 351 g/mol. The van der Waals surface area contributed by atoms with Crippen molar-refractivity contribution >= 4 is 11.8 Å². The van der Waals surface area contributed by atoms with E-state index in [2.05, 4.69) is 15.6 Å². The summed E-state index contributed by atoms with van der Waals surface area (Å²) >= 11 is 0. The first kappa shape index (κ1) is 19.0. The summed E-state index contributed by atoms with van der Waals surface area (Å²) in [5.74, 6) is -0.915. The Hall–Kier alpha value is -2.74. The zero-order chi connectivity index (χ0) is 19.2. The standard InChI is InChI=1S/C19H23FN4O3/c1-27-11-9-21-18(25)16-15-8-4-5-10-24(15)17(23-16)19(26)22-12-13-6-2-3-7-14(13)20/h2-3,6-7H,4-5,8-12H2,1H3,(H,21,25)(H,22,26). The molecule has 0 saturated heterocycles. The van der Waals surface area contributed by atoms with Gasteiger partial charge in [-0.1, -0.05) is 18.2 Å². The number of nitrogens with zero attached hydrogens (tertiary/aromatic N) is 2. The van der Waals surface area contributed by atoms with E-state index in [1.807, 2.05) is 0 Å². The lowest BCUT2D eigenvalue weighted by Crippen LogP contribution is -2.28. The molecule has 0 saturated carbocycles. The highest BCUT2D eigenvalue weighted by molar-refractivity contribution is 5.97. The van der Waals surface area contributed by atoms with Gasteiger partial charge in [0.25, 0.3) is 11.8 Å². The van der Waals surface area contributed by atoms with Gasteiger partial charge >= 0.3 is 0 Å². The number of rotatable bonds is 7. The minimum atomic E-state index is -0.419. The van der Waals surface area contributed by atoms with Gasteiger partial charge in [0, 0.05) is 32.3 Å². The Morgan fingerprint density at radius 2 is 2.04 bits per heavy atom. The van der Waals surface area contributed by atoms with Crippen LogP contribution in [0, 0.1) is 5.82 Å². The topological polar surface area (TPSA) is 85.2 Å². The van der Waals surface area contributed by atoms with E-state index in [1.54, 1.807) is 29.9 Å². The molecular formula is C19H23FN4O3. The number of amides is 2. The summed E-state index contributed by atoms with van der Waals surface area (Å²) in [5, 5.41) is 5.44. The summed E-state index contributed by atoms with van der Waals surface area (Å²) in [6.07, 6.45) is 2.56. The zero-order valence-electron chi connectivity index (χ0n) is 15.3. The molecule has 1 aliphatic heterocycles. The number of benzene rings is 1. The van der Waals surface area contributed by atoms with Crippen LogP contribution < -0.4 is 10.6 Å². The number of carbonyl (C=O) groups is 2. The number of aromatic nitrogens is 2. The van der Waals surface area contributed by atoms with E-state index in [0.29, 0.717) is 31.7 Å². The molecule has 0 unspecified atom stereocenters. The van der Waals surface area contributed by atoms with E-state index in [9.17, 15) is 14.0 Å². The third-order valence-corrected chi connectivity index (χ3v) is 4.52. The maximum absolute atomic E-state index is 13.7. The molecule has 2 amide bonds. The number of halogens is 1. The Kier molecular flexibility index (Phi) is 6.18. The van der Waals surface area contributed by atoms with Gasteiger partial charge < -0.3 is 19.9 Å². The van der Waals surface area contributed by atoms with Crippen LogP contribution >= 0.6 is 0 Å². The summed E-state index contributed by atoms with van der Waals surface area (Å²) < 4.78 is 20.5. The van der Waals surface area contributed by atoms with Crippen molar-refractivity contribution in [3.8, 4) is 0 Å². The quantitative estimate of drug-likeness (QED) is 0.722. The molecule has 0 fully saturated rings. The second-order valence-electron chi connectivity index (χ2n) is 6.36. The summed E-state index contributed by atoms with van der Waals surface area (Å²) in [5.41, 5.74) is 1.45. The first-order valence-electron chi connectivity index (χ1n) is 9.00. The van der Waals surface area contributed by atoms with E-state index in [1.165, 1.54) is 6.07 Å². The van der Waals surface area contributed by atoms with Gasteiger partial charge in [-0.3, -0.25) is 9.59 Å². The molecule has 1 aliphatic rings. The fraction of sp³-hybridized carbons (Fsp3) is 0.421. The monoisotopic (exact) mass is 374 g/mol. The first-order chi connectivity index (χ1) is 13.1. The molecule has 0 bridgehead atoms. The highest BCUT2D eigenvalue weighted by atomic mass is 19.1. The van der Waals surface area contributed by atoms with Crippen molar-refractivity contribution in [3.05, 3.63) is 52.9 Å². The van der Waals surface area contributed by atoms with Crippen molar-refractivity contribution in [2.24, 2.45) is 0 Å². The maximum Gasteiger partial charge on any atom is 0.287 e. The third-order valence-electron chi connectivity index (χ3n) is 4.52. The van der Waals surface area contributed by atoms with Crippen molar-refractivity contribution in [1.82, 2.24) is 20.2 Å². The van der Waals surface area contributed by atoms with Gasteiger partial charge in [0.2, 0.25) is 0 Å². The minimum Gasteiger partial charge on any atom is -0.383 e. The van der Waals surface area contributed by atoms with Crippen molar-refractivity contribution in [2.75, 3.05) is 20.3 Å². The maximum atomic E-state index is 13.7. The Morgan fingerprint density at radius 3 is 2.81 bits per heavy atom. The number of hydrogen-bond donors (Lipinski definition) is 2. The molecule has 8 heteroatoms. The molecule has 27 heavy (non-hydrogen) atoms. The lowest BCUT2D eigenvalue weighted by Gasteiger charge is -2.17. The number of imidazole rings is 1. The number of hydrogen-bond acceptors (Lipinski definition) is 4. The van der Waals surface area contributed by atoms with Crippen LogP contribution in [0.4, 0.5) is 4.39 Å². The van der Waals surface area contributed by atoms with Crippen LogP contribution in [-0.2, 0) is 24.2 Å². The molecule has 2 heterocycles. The zero-order valence-corrected chi connectivity index (χ0v) is 15.3. The van der Waals surface area contributed by atoms with Gasteiger partial charge in [-0.05, 0) is 25.3 Å². The number of fused-ring (bicyclic) bond motifs is 1. The van der Waals surface area contributed by atoms with Gasteiger partial charge in [-0.25, -0.2) is 9.37 Å². The average Bonchev–Trinajstić information content (AvgIpc) is 3.07. The van der Waals surface area contributed by atoms with Crippen LogP contribution in [0.15, 0.2) is 24.3 Å². The van der Waals surface area contributed by atoms with Crippen LogP contribution in [0.2, 0.25) is 0 Å². The Morgan fingerprint density at radius 1 is 1.22 bits per heavy atom. The normalized spacial score (nSPS) is 13.1. The van der Waals surface area contributed by atoms with Crippen molar-refractivity contribution in [2.45, 2.75) is 32.4 Å². The van der Waals surface area contributed by atoms with Crippen LogP contribution in [0.3, 0.4) is 0 Å². The number of nitrogens with one attached hydrogen (secondary N) is 2. The molecule has 0 spiro atoms. The molecule has 3 rings (SSSR count). The smallest absolute Gasteiger partial charge is 0.287 e. The second-order valence-corrected chi connectivity index (χ2v) is 6.36. The lowest BCUT2D eigenvalue weighted by molar-refractivity contribution is 0.0931. The predicted octanol–water partition coefficient (Wildman–Crippen LogP) is 1.66. The van der Waals surface area contributed by atoms with Crippen molar-refractivity contribution in [1.29, 1.82) is 0 Å². The van der Waals surface area contributed by atoms with E-state index in [0.717, 1.165) is 18.5 Å². The molecule has 2 aromatic rings. The summed E-state index contributed by atoms with van der Waals surface area (Å²) in [4.78, 5) is 29.4. The average molecular weight is 374 g/mol. The third kappa shape index (κ3) is 4.33. The van der Waals surface area contributed by atoms with Crippen LogP contribution in [-0.4, -0.2) is 41.6 Å². The fourth-order valence-corrected chi connectivity index (χ4v) is 3.14. The molecule has 0 radical (unpaired) electrons. The van der Waals surface area contributed by atoms with Crippen LogP contribution in [0.5, 0.6) is 0 Å². The van der Waals surface area contributed by atoms with Gasteiger partial charge in [0.1, 0.15) is 11.5 Å². The lowest BCUT2D eigenvalue weighted by atomic mass is 10.1. The largest absolute Gasteiger partial charge is 0.383 e. The summed E-state index contributed by atoms with van der Waals surface area (Å²) in [7, 11) is 1.56. The van der Waals surface area contributed by atoms with E-state index in [4.69, 9.17) is 4.74 Å². The van der Waals surface area contributed by atoms with Crippen molar-refractivity contribution < 1.29 is 18.7 Å². The summed E-state index contributed by atoms with van der Waals surface area (Å²) in [6.45, 7) is 1.47. The van der Waals surface area contributed by atoms with Crippen LogP contribution in [0.25, 0.3) is 0 Å². The van der Waals surface area contributed by atoms with Crippen LogP contribution in [0.1, 0.15) is 45.2 Å². The Bertz CT molecular complexity index is 834. The van der Waals surface area contributed by atoms with E-state index >= 15 is 0 Å². The highest BCUT2D eigenvalue weighted by Crippen LogP contribution is 2.21. The highest BCUT2D eigenvalue weighted by Gasteiger charge is 2.27. The summed E-state index contributed by atoms with van der Waals surface area (Å²) in [6, 6.07) is 6.27. The Balaban J connectivity index is 1.77. The molecule has 7 nitrogen and oxygen atoms in total. The van der Waals surface area contributed by atoms with Gasteiger partial charge in [0.05, 0.1) is 12.3 Å². The minimum absolute atomic E-state index is 0.0586. The SMILES string of the molecule is COCCNC(=O)c1nc(C(=O)NCc2ccccc2F)n2c1CCCC2. The van der Waals surface area contributed by atoms with Crippen molar-refractivity contribution in [3.63, 3.8) is 0 Å². The predicted molar refractivity (Wildman–Crippen MR) is 96.9 cm³/mol. The molecule has 144 valence electrons. The first-order valence-corrected chi connectivity index (χ1v) is 9.00. The Labute approximate surface area is 156 Å². The molecule has 1 aromatic carbocycles. The number of methoxy groups -OCH3 is 1. The van der Waals surface area contributed by atoms with Gasteiger partial charge in [-0.2, -0.15) is 0 Å². The second kappa shape index (κ2) is 8.77. The fourth-order valence-electron chi connectivity index (χ4n) is 3.14. The molecule has 1 aromatic heterocycles. The number of carbonyl (C=O) groups excluding carboxylic acids is 2. The molecule has 0 aliphatic carbocycles. The van der Waals surface area contributed by atoms with Gasteiger partial charge in [0.15, 0.2) is 5.82 Å². The van der Waals surface area contributed by atoms with E-state index in [-0.39, 0.29) is 29.8 Å². The number of ether oxygens (including phenoxy) is 1. The molecule has 0 atom stereocenters. The van der Waals surface area contributed by atoms with Gasteiger partial charge in [-0.15, -0.1) is 0 Å². The molecule has 2 N–H and O–H groups in total. The van der Waals surface area contributed by atoms with E-state index < -0.39 is 5.91 Å².